The highest BCUT2D eigenvalue weighted by Crippen LogP contribution is 2.34. The van der Waals surface area contributed by atoms with Crippen LogP contribution in [-0.4, -0.2) is 25.7 Å². The van der Waals surface area contributed by atoms with Gasteiger partial charge in [-0.3, -0.25) is 4.79 Å². The first kappa shape index (κ1) is 22.3. The lowest BCUT2D eigenvalue weighted by Crippen LogP contribution is -2.20. The van der Waals surface area contributed by atoms with E-state index in [-0.39, 0.29) is 23.7 Å². The number of anilines is 1. The maximum atomic E-state index is 13.7. The largest absolute Gasteiger partial charge is 0.392 e. The third kappa shape index (κ3) is 4.36. The summed E-state index contributed by atoms with van der Waals surface area (Å²) < 4.78 is 29.0. The number of thiazole rings is 1. The monoisotopic (exact) mass is 476 g/mol. The Morgan fingerprint density at radius 1 is 1.22 bits per heavy atom. The fourth-order valence-corrected chi connectivity index (χ4v) is 4.57. The van der Waals surface area contributed by atoms with Crippen molar-refractivity contribution in [1.29, 1.82) is 0 Å². The predicted octanol–water partition coefficient (Wildman–Crippen LogP) is 4.81. The molecule has 0 spiro atoms. The minimum absolute atomic E-state index is 0.0203. The van der Waals surface area contributed by atoms with Crippen LogP contribution in [-0.2, 0) is 13.2 Å². The molecule has 0 unspecified atom stereocenters. The molecule has 32 heavy (non-hydrogen) atoms. The summed E-state index contributed by atoms with van der Waals surface area (Å²) in [4.78, 5) is 21.9. The lowest BCUT2D eigenvalue weighted by atomic mass is 10.1. The molecular weight excluding hydrogens is 458 g/mol. The van der Waals surface area contributed by atoms with Gasteiger partial charge < -0.3 is 15.0 Å². The van der Waals surface area contributed by atoms with Gasteiger partial charge in [0.15, 0.2) is 11.6 Å². The Bertz CT molecular complexity index is 1370. The van der Waals surface area contributed by atoms with Crippen molar-refractivity contribution in [3.05, 3.63) is 74.8 Å². The molecule has 3 aromatic heterocycles. The first-order valence-corrected chi connectivity index (χ1v) is 11.0. The van der Waals surface area contributed by atoms with E-state index in [4.69, 9.17) is 11.6 Å². The Morgan fingerprint density at radius 3 is 2.62 bits per heavy atom. The van der Waals surface area contributed by atoms with E-state index in [1.54, 1.807) is 12.1 Å². The van der Waals surface area contributed by atoms with E-state index in [0.29, 0.717) is 37.2 Å². The molecular formula is C22H19ClF2N4O2S. The third-order valence-corrected chi connectivity index (χ3v) is 6.19. The highest BCUT2D eigenvalue weighted by atomic mass is 35.5. The summed E-state index contributed by atoms with van der Waals surface area (Å²) in [6.07, 6.45) is 3.07. The van der Waals surface area contributed by atoms with Gasteiger partial charge in [-0.2, -0.15) is 0 Å². The number of benzene rings is 1. The summed E-state index contributed by atoms with van der Waals surface area (Å²) in [5, 5.41) is 13.7. The molecule has 0 amide bonds. The van der Waals surface area contributed by atoms with Crippen molar-refractivity contribution < 1.29 is 13.9 Å². The number of hydrogen-bond acceptors (Lipinski definition) is 6. The van der Waals surface area contributed by atoms with Crippen LogP contribution < -0.4 is 10.9 Å². The molecule has 0 saturated carbocycles. The molecule has 0 atom stereocenters. The van der Waals surface area contributed by atoms with Crippen molar-refractivity contribution in [3.63, 3.8) is 0 Å². The number of aliphatic hydroxyl groups is 1. The molecule has 4 aromatic rings. The summed E-state index contributed by atoms with van der Waals surface area (Å²) in [5.41, 5.74) is 1.37. The van der Waals surface area contributed by atoms with Crippen molar-refractivity contribution in [2.45, 2.75) is 33.0 Å². The standard InChI is InChI=1S/C22H19ClF2N4O2S/c1-11(2)27-19-7-14(15(23)8-26-19)21-28-18-3-4-29(22(31)20(18)32-21)9-12-5-16(24)17(25)6-13(12)10-30/h3-8,11,30H,9-10H2,1-2H3,(H,26,27). The zero-order valence-electron chi connectivity index (χ0n) is 17.2. The number of hydrogen-bond donors (Lipinski definition) is 2. The van der Waals surface area contributed by atoms with Crippen molar-refractivity contribution in [1.82, 2.24) is 14.5 Å². The molecule has 2 N–H and O–H groups in total. The Morgan fingerprint density at radius 2 is 1.94 bits per heavy atom. The fraction of sp³-hybridized carbons (Fsp3) is 0.227. The molecule has 1 aromatic carbocycles. The number of fused-ring (bicyclic) bond motifs is 1. The quantitative estimate of drug-likeness (QED) is 0.417. The number of rotatable bonds is 6. The van der Waals surface area contributed by atoms with E-state index in [9.17, 15) is 18.7 Å². The van der Waals surface area contributed by atoms with E-state index >= 15 is 0 Å². The summed E-state index contributed by atoms with van der Waals surface area (Å²) >= 11 is 7.53. The SMILES string of the molecule is CC(C)Nc1cc(-c2nc3ccn(Cc4cc(F)c(F)cc4CO)c(=O)c3s2)c(Cl)cn1. The van der Waals surface area contributed by atoms with Crippen LogP contribution in [0.2, 0.25) is 5.02 Å². The molecule has 6 nitrogen and oxygen atoms in total. The van der Waals surface area contributed by atoms with Crippen LogP contribution >= 0.6 is 22.9 Å². The van der Waals surface area contributed by atoms with Gasteiger partial charge in [0.05, 0.1) is 23.7 Å². The maximum absolute atomic E-state index is 13.7. The molecule has 0 bridgehead atoms. The summed E-state index contributed by atoms with van der Waals surface area (Å²) in [6.45, 7) is 3.49. The number of pyridine rings is 2. The van der Waals surface area contributed by atoms with Gasteiger partial charge in [0.2, 0.25) is 0 Å². The molecule has 0 aliphatic heterocycles. The lowest BCUT2D eigenvalue weighted by Gasteiger charge is -2.10. The molecule has 0 aliphatic rings. The van der Waals surface area contributed by atoms with Gasteiger partial charge in [0.1, 0.15) is 15.5 Å². The van der Waals surface area contributed by atoms with Gasteiger partial charge in [-0.15, -0.1) is 11.3 Å². The molecule has 10 heteroatoms. The zero-order valence-corrected chi connectivity index (χ0v) is 18.8. The Balaban J connectivity index is 1.75. The van der Waals surface area contributed by atoms with Crippen LogP contribution in [0, 0.1) is 11.6 Å². The van der Waals surface area contributed by atoms with Crippen molar-refractivity contribution in [3.8, 4) is 10.6 Å². The Labute approximate surface area is 191 Å². The van der Waals surface area contributed by atoms with E-state index in [0.717, 1.165) is 12.1 Å². The van der Waals surface area contributed by atoms with Crippen LogP contribution in [0.15, 0.2) is 41.5 Å². The maximum Gasteiger partial charge on any atom is 0.270 e. The second-order valence-corrected chi connectivity index (χ2v) is 8.93. The van der Waals surface area contributed by atoms with E-state index < -0.39 is 18.2 Å². The van der Waals surface area contributed by atoms with Crippen molar-refractivity contribution in [2.75, 3.05) is 5.32 Å². The minimum atomic E-state index is -1.05. The summed E-state index contributed by atoms with van der Waals surface area (Å²) in [6, 6.07) is 5.58. The molecule has 0 saturated heterocycles. The number of nitrogens with zero attached hydrogens (tertiary/aromatic N) is 3. The molecule has 0 radical (unpaired) electrons. The van der Waals surface area contributed by atoms with Crippen molar-refractivity contribution in [2.24, 2.45) is 0 Å². The van der Waals surface area contributed by atoms with Gasteiger partial charge in [0, 0.05) is 24.0 Å². The van der Waals surface area contributed by atoms with E-state index in [1.807, 2.05) is 13.8 Å². The number of aliphatic hydroxyl groups excluding tert-OH is 1. The molecule has 0 aliphatic carbocycles. The zero-order chi connectivity index (χ0) is 23.0. The highest BCUT2D eigenvalue weighted by molar-refractivity contribution is 7.21. The van der Waals surface area contributed by atoms with Gasteiger partial charge >= 0.3 is 0 Å². The summed E-state index contributed by atoms with van der Waals surface area (Å²) in [7, 11) is 0. The van der Waals surface area contributed by atoms with Gasteiger partial charge in [0.25, 0.3) is 5.56 Å². The fourth-order valence-electron chi connectivity index (χ4n) is 3.28. The van der Waals surface area contributed by atoms with Gasteiger partial charge in [-0.1, -0.05) is 11.6 Å². The Hall–Kier alpha value is -2.88. The van der Waals surface area contributed by atoms with Crippen LogP contribution in [0.5, 0.6) is 0 Å². The van der Waals surface area contributed by atoms with E-state index in [1.165, 1.54) is 28.3 Å². The predicted molar refractivity (Wildman–Crippen MR) is 122 cm³/mol. The normalized spacial score (nSPS) is 11.5. The first-order valence-electron chi connectivity index (χ1n) is 9.77. The molecule has 166 valence electrons. The first-order chi connectivity index (χ1) is 15.3. The second-order valence-electron chi connectivity index (χ2n) is 7.52. The molecule has 0 fully saturated rings. The van der Waals surface area contributed by atoms with Crippen LogP contribution in [0.4, 0.5) is 14.6 Å². The molecule has 4 rings (SSSR count). The minimum Gasteiger partial charge on any atom is -0.392 e. The van der Waals surface area contributed by atoms with Crippen molar-refractivity contribution >= 4 is 39.0 Å². The smallest absolute Gasteiger partial charge is 0.270 e. The number of nitrogens with one attached hydrogen (secondary N) is 1. The lowest BCUT2D eigenvalue weighted by molar-refractivity contribution is 0.279. The van der Waals surface area contributed by atoms with Crippen LogP contribution in [0.3, 0.4) is 0 Å². The van der Waals surface area contributed by atoms with Crippen LogP contribution in [0.1, 0.15) is 25.0 Å². The topological polar surface area (TPSA) is 80.0 Å². The second kappa shape index (κ2) is 8.93. The third-order valence-electron chi connectivity index (χ3n) is 4.80. The summed E-state index contributed by atoms with van der Waals surface area (Å²) in [5.74, 6) is -1.44. The number of aromatic nitrogens is 3. The van der Waals surface area contributed by atoms with Gasteiger partial charge in [-0.05, 0) is 49.2 Å². The van der Waals surface area contributed by atoms with Gasteiger partial charge in [-0.25, -0.2) is 18.7 Å². The van der Waals surface area contributed by atoms with Crippen LogP contribution in [0.25, 0.3) is 20.8 Å². The van der Waals surface area contributed by atoms with E-state index in [2.05, 4.69) is 15.3 Å². The number of halogens is 3. The Kier molecular flexibility index (Phi) is 6.23. The highest BCUT2D eigenvalue weighted by Gasteiger charge is 2.16. The average Bonchev–Trinajstić information content (AvgIpc) is 3.18. The average molecular weight is 477 g/mol. The molecule has 3 heterocycles.